The van der Waals surface area contributed by atoms with E-state index in [0.717, 1.165) is 28.8 Å². The third kappa shape index (κ3) is 6.75. The topological polar surface area (TPSA) is 56.5 Å². The number of ether oxygens (including phenoxy) is 1. The van der Waals surface area contributed by atoms with Crippen LogP contribution in [0.3, 0.4) is 0 Å². The van der Waals surface area contributed by atoms with Crippen LogP contribution in [0.4, 0.5) is 4.79 Å². The number of carbonyl (C=O) groups excluding carboxylic acids is 1. The minimum Gasteiger partial charge on any atom is -0.619 e. The van der Waals surface area contributed by atoms with E-state index in [1.54, 1.807) is 11.0 Å². The Morgan fingerprint density at radius 3 is 2.42 bits per heavy atom. The van der Waals surface area contributed by atoms with Crippen LogP contribution in [0.25, 0.3) is 0 Å². The van der Waals surface area contributed by atoms with Crippen molar-refractivity contribution >= 4 is 6.09 Å². The van der Waals surface area contributed by atoms with Gasteiger partial charge in [0.1, 0.15) is 5.60 Å². The Balaban J connectivity index is 1.92. The zero-order chi connectivity index (χ0) is 19.0. The third-order valence-corrected chi connectivity index (χ3v) is 3.88. The lowest BCUT2D eigenvalue weighted by molar-refractivity contribution is -0.614. The first-order valence-corrected chi connectivity index (χ1v) is 9.04. The highest BCUT2D eigenvalue weighted by Crippen LogP contribution is 2.14. The maximum absolute atomic E-state index is 12.5. The van der Waals surface area contributed by atoms with Gasteiger partial charge in [-0.2, -0.15) is 4.73 Å². The summed E-state index contributed by atoms with van der Waals surface area (Å²) in [7, 11) is 0. The van der Waals surface area contributed by atoms with Crippen molar-refractivity contribution in [2.24, 2.45) is 0 Å². The molecular formula is C21H28N2O3. The molecule has 0 saturated heterocycles. The Morgan fingerprint density at radius 1 is 1.08 bits per heavy atom. The minimum atomic E-state index is -0.524. The van der Waals surface area contributed by atoms with Gasteiger partial charge in [-0.1, -0.05) is 36.4 Å². The number of unbranched alkanes of at least 4 members (excludes halogenated alkanes) is 1. The summed E-state index contributed by atoms with van der Waals surface area (Å²) in [5, 5.41) is 11.7. The zero-order valence-corrected chi connectivity index (χ0v) is 15.9. The van der Waals surface area contributed by atoms with Crippen molar-refractivity contribution in [3.63, 3.8) is 0 Å². The molecule has 5 nitrogen and oxygen atoms in total. The van der Waals surface area contributed by atoms with E-state index in [4.69, 9.17) is 4.74 Å². The number of hydrogen-bond donors (Lipinski definition) is 0. The van der Waals surface area contributed by atoms with Gasteiger partial charge in [0.15, 0.2) is 11.9 Å². The lowest BCUT2D eigenvalue weighted by atomic mass is 10.1. The lowest BCUT2D eigenvalue weighted by Gasteiger charge is -2.27. The molecule has 2 rings (SSSR count). The quantitative estimate of drug-likeness (QED) is 0.427. The Labute approximate surface area is 155 Å². The van der Waals surface area contributed by atoms with Crippen LogP contribution in [-0.2, 0) is 17.7 Å². The van der Waals surface area contributed by atoms with E-state index < -0.39 is 5.60 Å². The number of pyridine rings is 1. The summed E-state index contributed by atoms with van der Waals surface area (Å²) in [6, 6.07) is 15.3. The molecule has 5 heteroatoms. The summed E-state index contributed by atoms with van der Waals surface area (Å²) < 4.78 is 6.44. The standard InChI is InChI=1S/C21H28N2O3/c1-21(2,3)26-20(24)22(17-18-11-5-4-6-12-18)15-9-7-13-19-14-8-10-16-23(19)25/h4-6,8,10-12,14,16H,7,9,13,15,17H2,1-3H3. The van der Waals surface area contributed by atoms with Crippen LogP contribution in [0, 0.1) is 5.21 Å². The number of hydrogen-bond acceptors (Lipinski definition) is 3. The first-order valence-electron chi connectivity index (χ1n) is 9.04. The fourth-order valence-corrected chi connectivity index (χ4v) is 2.63. The molecule has 0 fully saturated rings. The Morgan fingerprint density at radius 2 is 1.77 bits per heavy atom. The number of nitrogens with zero attached hydrogens (tertiary/aromatic N) is 2. The average Bonchev–Trinajstić information content (AvgIpc) is 2.58. The monoisotopic (exact) mass is 356 g/mol. The summed E-state index contributed by atoms with van der Waals surface area (Å²) >= 11 is 0. The summed E-state index contributed by atoms with van der Waals surface area (Å²) in [5.74, 6) is 0. The first-order chi connectivity index (χ1) is 12.3. The van der Waals surface area contributed by atoms with Crippen molar-refractivity contribution in [3.05, 3.63) is 71.2 Å². The molecule has 1 heterocycles. The van der Waals surface area contributed by atoms with Crippen LogP contribution >= 0.6 is 0 Å². The van der Waals surface area contributed by atoms with E-state index in [1.807, 2.05) is 63.2 Å². The molecular weight excluding hydrogens is 328 g/mol. The smallest absolute Gasteiger partial charge is 0.410 e. The number of carbonyl (C=O) groups is 1. The van der Waals surface area contributed by atoms with Gasteiger partial charge in [0, 0.05) is 31.6 Å². The molecule has 0 aliphatic carbocycles. The second-order valence-corrected chi connectivity index (χ2v) is 7.36. The molecule has 1 aromatic carbocycles. The zero-order valence-electron chi connectivity index (χ0n) is 15.9. The SMILES string of the molecule is CC(C)(C)OC(=O)N(CCCCc1cccc[n+]1[O-])Cc1ccccc1. The molecule has 0 spiro atoms. The van der Waals surface area contributed by atoms with Crippen molar-refractivity contribution < 1.29 is 14.3 Å². The van der Waals surface area contributed by atoms with E-state index in [0.29, 0.717) is 19.5 Å². The Kier molecular flexibility index (Phi) is 7.01. The first kappa shape index (κ1) is 19.8. The Hall–Kier alpha value is -2.56. The molecule has 140 valence electrons. The predicted octanol–water partition coefficient (Wildman–Crippen LogP) is 4.08. The maximum Gasteiger partial charge on any atom is 0.410 e. The average molecular weight is 356 g/mol. The summed E-state index contributed by atoms with van der Waals surface area (Å²) in [6.45, 7) is 6.72. The number of rotatable bonds is 7. The van der Waals surface area contributed by atoms with Crippen LogP contribution in [-0.4, -0.2) is 23.1 Å². The van der Waals surface area contributed by atoms with E-state index in [1.165, 1.54) is 6.20 Å². The second kappa shape index (κ2) is 9.22. The fourth-order valence-electron chi connectivity index (χ4n) is 2.63. The molecule has 0 atom stereocenters. The van der Waals surface area contributed by atoms with Crippen LogP contribution in [0.15, 0.2) is 54.7 Å². The molecule has 0 aliphatic rings. The van der Waals surface area contributed by atoms with Crippen LogP contribution < -0.4 is 4.73 Å². The lowest BCUT2D eigenvalue weighted by Crippen LogP contribution is -2.37. The van der Waals surface area contributed by atoms with Gasteiger partial charge in [0.2, 0.25) is 0 Å². The van der Waals surface area contributed by atoms with Crippen molar-refractivity contribution in [2.45, 2.75) is 52.2 Å². The fraction of sp³-hybridized carbons (Fsp3) is 0.429. The largest absolute Gasteiger partial charge is 0.619 e. The molecule has 0 unspecified atom stereocenters. The minimum absolute atomic E-state index is 0.306. The van der Waals surface area contributed by atoms with Crippen LogP contribution in [0.1, 0.15) is 44.9 Å². The van der Waals surface area contributed by atoms with Crippen LogP contribution in [0.2, 0.25) is 0 Å². The van der Waals surface area contributed by atoms with Crippen molar-refractivity contribution in [2.75, 3.05) is 6.54 Å². The molecule has 0 N–H and O–H groups in total. The van der Waals surface area contributed by atoms with Gasteiger partial charge in [-0.3, -0.25) is 0 Å². The van der Waals surface area contributed by atoms with Crippen molar-refractivity contribution in [3.8, 4) is 0 Å². The summed E-state index contributed by atoms with van der Waals surface area (Å²) in [6.07, 6.45) is 3.54. The second-order valence-electron chi connectivity index (χ2n) is 7.36. The third-order valence-electron chi connectivity index (χ3n) is 3.88. The molecule has 0 bridgehead atoms. The predicted molar refractivity (Wildman–Crippen MR) is 101 cm³/mol. The highest BCUT2D eigenvalue weighted by atomic mass is 16.6. The number of aromatic nitrogens is 1. The highest BCUT2D eigenvalue weighted by molar-refractivity contribution is 5.68. The van der Waals surface area contributed by atoms with Crippen molar-refractivity contribution in [1.29, 1.82) is 0 Å². The summed E-state index contributed by atoms with van der Waals surface area (Å²) in [4.78, 5) is 14.3. The Bertz CT molecular complexity index is 696. The maximum atomic E-state index is 12.5. The van der Waals surface area contributed by atoms with Gasteiger partial charge in [-0.15, -0.1) is 0 Å². The molecule has 2 aromatic rings. The van der Waals surface area contributed by atoms with Gasteiger partial charge in [0.25, 0.3) is 0 Å². The van der Waals surface area contributed by atoms with Gasteiger partial charge in [-0.25, -0.2) is 4.79 Å². The van der Waals surface area contributed by atoms with Crippen LogP contribution in [0.5, 0.6) is 0 Å². The van der Waals surface area contributed by atoms with E-state index in [2.05, 4.69) is 0 Å². The number of aryl methyl sites for hydroxylation is 1. The molecule has 1 aromatic heterocycles. The molecule has 1 amide bonds. The van der Waals surface area contributed by atoms with Crippen molar-refractivity contribution in [1.82, 2.24) is 4.90 Å². The normalized spacial score (nSPS) is 11.2. The van der Waals surface area contributed by atoms with E-state index in [-0.39, 0.29) is 6.09 Å². The van der Waals surface area contributed by atoms with Gasteiger partial charge >= 0.3 is 6.09 Å². The van der Waals surface area contributed by atoms with E-state index in [9.17, 15) is 10.0 Å². The van der Waals surface area contributed by atoms with Gasteiger partial charge in [-0.05, 0) is 39.2 Å². The number of benzene rings is 1. The molecule has 0 aliphatic heterocycles. The molecule has 0 radical (unpaired) electrons. The molecule has 0 saturated carbocycles. The van der Waals surface area contributed by atoms with E-state index >= 15 is 0 Å². The molecule has 26 heavy (non-hydrogen) atoms. The highest BCUT2D eigenvalue weighted by Gasteiger charge is 2.22. The van der Waals surface area contributed by atoms with Gasteiger partial charge < -0.3 is 14.8 Å². The van der Waals surface area contributed by atoms with Gasteiger partial charge in [0.05, 0.1) is 0 Å². The number of amides is 1. The summed E-state index contributed by atoms with van der Waals surface area (Å²) in [5.41, 5.74) is 1.29.